The van der Waals surface area contributed by atoms with E-state index in [4.69, 9.17) is 5.21 Å². The zero-order valence-electron chi connectivity index (χ0n) is 21.7. The predicted molar refractivity (Wildman–Crippen MR) is 145 cm³/mol. The van der Waals surface area contributed by atoms with E-state index in [9.17, 15) is 18.7 Å². The van der Waals surface area contributed by atoms with Gasteiger partial charge in [0, 0.05) is 31.7 Å². The van der Waals surface area contributed by atoms with Crippen LogP contribution >= 0.6 is 10.6 Å². The number of rotatable bonds is 8. The van der Waals surface area contributed by atoms with Crippen LogP contribution in [0.4, 0.5) is 5.69 Å². The molecular formula is C27H38N4O5S. The highest BCUT2D eigenvalue weighted by Gasteiger charge is 2.43. The lowest BCUT2D eigenvalue weighted by molar-refractivity contribution is -0.133. The van der Waals surface area contributed by atoms with E-state index in [1.807, 2.05) is 44.2 Å². The number of anilines is 1. The molecule has 2 aliphatic heterocycles. The molecule has 0 unspecified atom stereocenters. The molecule has 0 aromatic heterocycles. The lowest BCUT2D eigenvalue weighted by Crippen LogP contribution is -2.46. The molecule has 9 nitrogen and oxygen atoms in total. The zero-order chi connectivity index (χ0) is 26.8. The first-order chi connectivity index (χ1) is 17.6. The van der Waals surface area contributed by atoms with E-state index < -0.39 is 27.2 Å². The average molecular weight is 531 g/mol. The number of carbonyl (C=O) groups excluding carboxylic acids is 2. The Kier molecular flexibility index (Phi) is 8.15. The summed E-state index contributed by atoms with van der Waals surface area (Å²) >= 11 is 0. The molecule has 2 aromatic carbocycles. The number of nitrogens with one attached hydrogen (secondary N) is 2. The molecule has 37 heavy (non-hydrogen) atoms. The maximum atomic E-state index is 13.0. The lowest BCUT2D eigenvalue weighted by atomic mass is 10.0. The van der Waals surface area contributed by atoms with Crippen LogP contribution in [0.15, 0.2) is 53.4 Å². The molecule has 4 rings (SSSR count). The van der Waals surface area contributed by atoms with Crippen LogP contribution < -0.4 is 15.7 Å². The van der Waals surface area contributed by atoms with Gasteiger partial charge in [-0.3, -0.25) is 23.9 Å². The number of nitrogens with zero attached hydrogens (tertiary/aromatic N) is 2. The summed E-state index contributed by atoms with van der Waals surface area (Å²) in [6, 6.07) is 14.4. The maximum Gasteiger partial charge on any atom is 0.251 e. The second kappa shape index (κ2) is 11.0. The Balaban J connectivity index is 1.45. The summed E-state index contributed by atoms with van der Waals surface area (Å²) in [4.78, 5) is 30.1. The molecular weight excluding hydrogens is 492 g/mol. The van der Waals surface area contributed by atoms with Crippen molar-refractivity contribution in [1.29, 1.82) is 0 Å². The van der Waals surface area contributed by atoms with Crippen LogP contribution in [0.3, 0.4) is 0 Å². The smallest absolute Gasteiger partial charge is 0.251 e. The summed E-state index contributed by atoms with van der Waals surface area (Å²) in [5, 5.41) is 12.1. The van der Waals surface area contributed by atoms with Gasteiger partial charge in [-0.2, -0.15) is 10.6 Å². The van der Waals surface area contributed by atoms with Crippen LogP contribution in [0.5, 0.6) is 0 Å². The Bertz CT molecular complexity index is 1120. The third kappa shape index (κ3) is 5.63. The molecule has 0 aliphatic carbocycles. The van der Waals surface area contributed by atoms with Crippen molar-refractivity contribution in [3.63, 3.8) is 0 Å². The number of unbranched alkanes of at least 4 members (excludes halogenated alkanes) is 1. The van der Waals surface area contributed by atoms with Crippen molar-refractivity contribution in [2.24, 2.45) is 5.92 Å². The molecule has 1 saturated heterocycles. The average Bonchev–Trinajstić information content (AvgIpc) is 3.28. The molecule has 2 aromatic rings. The van der Waals surface area contributed by atoms with Gasteiger partial charge in [0.25, 0.3) is 5.91 Å². The van der Waals surface area contributed by atoms with Gasteiger partial charge in [-0.05, 0) is 56.6 Å². The molecule has 0 spiro atoms. The van der Waals surface area contributed by atoms with Crippen LogP contribution in [0.1, 0.15) is 49.5 Å². The first-order valence-electron chi connectivity index (χ1n) is 12.8. The minimum atomic E-state index is -2.94. The standard InChI is InChI=1S/C27H38N4O5S/c1-4-5-14-30-16-21(26(33)29-34)22(17-30)28-25(32)20-12-10-19(11-13-20)15-31-18-27(2,3)37(35,36)24-9-7-6-8-23(24)31/h6-13,21-22,34-36H,4-5,14-18H2,1-3H3,(H,28,32)(H,29,33)/t21-,22+/m0/s1. The van der Waals surface area contributed by atoms with Gasteiger partial charge in [-0.25, -0.2) is 5.48 Å². The fraction of sp³-hybridized carbons (Fsp3) is 0.481. The molecule has 2 atom stereocenters. The summed E-state index contributed by atoms with van der Waals surface area (Å²) in [5.74, 6) is -1.26. The molecule has 0 saturated carbocycles. The van der Waals surface area contributed by atoms with Crippen molar-refractivity contribution in [1.82, 2.24) is 15.7 Å². The van der Waals surface area contributed by atoms with Crippen LogP contribution in [0.25, 0.3) is 0 Å². The number of benzene rings is 2. The number of carbonyl (C=O) groups is 2. The lowest BCUT2D eigenvalue weighted by Gasteiger charge is -2.54. The quantitative estimate of drug-likeness (QED) is 0.259. The first kappa shape index (κ1) is 27.4. The van der Waals surface area contributed by atoms with Crippen LogP contribution in [0.2, 0.25) is 0 Å². The van der Waals surface area contributed by atoms with E-state index in [1.165, 1.54) is 0 Å². The van der Waals surface area contributed by atoms with Gasteiger partial charge in [0.15, 0.2) is 0 Å². The monoisotopic (exact) mass is 530 g/mol. The summed E-state index contributed by atoms with van der Waals surface area (Å²) < 4.78 is 21.1. The minimum absolute atomic E-state index is 0.261. The van der Waals surface area contributed by atoms with Gasteiger partial charge in [-0.15, -0.1) is 0 Å². The normalized spacial score (nSPS) is 23.2. The Morgan fingerprint density at radius 3 is 2.46 bits per heavy atom. The molecule has 2 amide bonds. The van der Waals surface area contributed by atoms with E-state index >= 15 is 0 Å². The van der Waals surface area contributed by atoms with Gasteiger partial charge < -0.3 is 15.1 Å². The van der Waals surface area contributed by atoms with Crippen molar-refractivity contribution < 1.29 is 23.9 Å². The number of likely N-dealkylation sites (tertiary alicyclic amines) is 1. The van der Waals surface area contributed by atoms with Crippen molar-refractivity contribution in [3.05, 3.63) is 59.7 Å². The van der Waals surface area contributed by atoms with Gasteiger partial charge in [-0.1, -0.05) is 37.6 Å². The number of fused-ring (bicyclic) bond motifs is 1. The van der Waals surface area contributed by atoms with Crippen molar-refractivity contribution in [2.45, 2.75) is 55.8 Å². The number of hydrogen-bond donors (Lipinski definition) is 5. The molecule has 2 aliphatic rings. The molecule has 0 radical (unpaired) electrons. The molecule has 10 heteroatoms. The van der Waals surface area contributed by atoms with Gasteiger partial charge in [0.1, 0.15) is 0 Å². The number of hydrogen-bond acceptors (Lipinski definition) is 7. The van der Waals surface area contributed by atoms with Gasteiger partial charge >= 0.3 is 0 Å². The van der Waals surface area contributed by atoms with Crippen LogP contribution in [-0.2, 0) is 11.3 Å². The maximum absolute atomic E-state index is 13.0. The number of para-hydroxylation sites is 1. The second-order valence-electron chi connectivity index (χ2n) is 10.6. The highest BCUT2D eigenvalue weighted by atomic mass is 32.3. The number of hydroxylamine groups is 1. The third-order valence-corrected chi connectivity index (χ3v) is 10.1. The van der Waals surface area contributed by atoms with Gasteiger partial charge in [0.2, 0.25) is 5.91 Å². The Morgan fingerprint density at radius 2 is 1.78 bits per heavy atom. The van der Waals surface area contributed by atoms with E-state index in [0.29, 0.717) is 36.6 Å². The topological polar surface area (TPSA) is 125 Å². The van der Waals surface area contributed by atoms with Gasteiger partial charge in [0.05, 0.1) is 27.3 Å². The molecule has 202 valence electrons. The summed E-state index contributed by atoms with van der Waals surface area (Å²) in [7, 11) is -2.94. The second-order valence-corrected chi connectivity index (χ2v) is 13.2. The number of amides is 2. The fourth-order valence-corrected chi connectivity index (χ4v) is 6.90. The predicted octanol–water partition coefficient (Wildman–Crippen LogP) is 3.93. The van der Waals surface area contributed by atoms with Crippen LogP contribution in [-0.4, -0.2) is 68.0 Å². The first-order valence-corrected chi connectivity index (χ1v) is 14.3. The van der Waals surface area contributed by atoms with E-state index in [2.05, 4.69) is 22.0 Å². The molecule has 5 N–H and O–H groups in total. The Hall–Kier alpha value is -2.63. The molecule has 1 fully saturated rings. The SMILES string of the molecule is CCCCN1C[C@H](C(=O)NO)[C@H](NC(=O)c2ccc(CN3CC(C)(C)S(O)(O)c4ccccc43)cc2)C1. The van der Waals surface area contributed by atoms with Crippen molar-refractivity contribution >= 4 is 28.1 Å². The summed E-state index contributed by atoms with van der Waals surface area (Å²) in [6.45, 7) is 8.79. The van der Waals surface area contributed by atoms with E-state index in [0.717, 1.165) is 30.6 Å². The summed E-state index contributed by atoms with van der Waals surface area (Å²) in [5.41, 5.74) is 4.03. The third-order valence-electron chi connectivity index (χ3n) is 7.43. The zero-order valence-corrected chi connectivity index (χ0v) is 22.5. The van der Waals surface area contributed by atoms with E-state index in [1.54, 1.807) is 23.7 Å². The minimum Gasteiger partial charge on any atom is -0.364 e. The summed E-state index contributed by atoms with van der Waals surface area (Å²) in [6.07, 6.45) is 2.05. The highest BCUT2D eigenvalue weighted by molar-refractivity contribution is 8.25. The Labute approximate surface area is 220 Å². The van der Waals surface area contributed by atoms with E-state index in [-0.39, 0.29) is 11.9 Å². The fourth-order valence-electron chi connectivity index (χ4n) is 5.21. The van der Waals surface area contributed by atoms with Crippen molar-refractivity contribution in [2.75, 3.05) is 31.1 Å². The molecule has 0 bridgehead atoms. The highest BCUT2D eigenvalue weighted by Crippen LogP contribution is 2.64. The van der Waals surface area contributed by atoms with Crippen molar-refractivity contribution in [3.8, 4) is 0 Å². The Morgan fingerprint density at radius 1 is 1.08 bits per heavy atom. The van der Waals surface area contributed by atoms with Crippen LogP contribution in [0, 0.1) is 5.92 Å². The molecule has 2 heterocycles. The largest absolute Gasteiger partial charge is 0.364 e.